The third kappa shape index (κ3) is 6.69. The molecule has 2 aromatic carbocycles. The van der Waals surface area contributed by atoms with Gasteiger partial charge in [-0.15, -0.1) is 0 Å². The van der Waals surface area contributed by atoms with Gasteiger partial charge in [-0.2, -0.15) is 5.10 Å². The average Bonchev–Trinajstić information content (AvgIpc) is 3.21. The lowest BCUT2D eigenvalue weighted by Crippen LogP contribution is -2.31. The van der Waals surface area contributed by atoms with Crippen molar-refractivity contribution in [2.75, 3.05) is 0 Å². The van der Waals surface area contributed by atoms with Gasteiger partial charge in [-0.3, -0.25) is 9.59 Å². The van der Waals surface area contributed by atoms with Crippen molar-refractivity contribution < 1.29 is 14.3 Å². The summed E-state index contributed by atoms with van der Waals surface area (Å²) in [7, 11) is 0. The number of benzene rings is 2. The van der Waals surface area contributed by atoms with Crippen LogP contribution in [0, 0.1) is 0 Å². The molecular formula is C24H26ClN3O3. The number of nitrogens with one attached hydrogen (secondary N) is 1. The third-order valence-corrected chi connectivity index (χ3v) is 5.00. The molecule has 0 fully saturated rings. The number of esters is 1. The maximum Gasteiger partial charge on any atom is 0.308 e. The number of aromatic nitrogens is 2. The molecule has 3 aromatic rings. The van der Waals surface area contributed by atoms with E-state index in [0.29, 0.717) is 17.0 Å². The second-order valence-corrected chi connectivity index (χ2v) is 7.92. The minimum absolute atomic E-state index is 0.0135. The standard InChI is InChI=1S/C24H26ClN3O3/c1-17(2)31-24(30)14-22(20-10-6-7-11-21(20)25)27-23(29)13-12-18-15-26-28(16-18)19-8-4-3-5-9-19/h3-11,15-17,22H,12-14H2,1-2H3,(H,27,29). The number of ether oxygens (including phenoxy) is 1. The van der Waals surface area contributed by atoms with Crippen LogP contribution in [-0.2, 0) is 20.7 Å². The number of hydrogen-bond donors (Lipinski definition) is 1. The molecule has 0 saturated carbocycles. The van der Waals surface area contributed by atoms with E-state index >= 15 is 0 Å². The molecule has 0 radical (unpaired) electrons. The Morgan fingerprint density at radius 1 is 1.10 bits per heavy atom. The van der Waals surface area contributed by atoms with Gasteiger partial charge in [-0.05, 0) is 49.6 Å². The van der Waals surface area contributed by atoms with Crippen molar-refractivity contribution in [2.24, 2.45) is 0 Å². The van der Waals surface area contributed by atoms with Gasteiger partial charge in [0.05, 0.1) is 30.5 Å². The molecule has 0 saturated heterocycles. The lowest BCUT2D eigenvalue weighted by Gasteiger charge is -2.20. The summed E-state index contributed by atoms with van der Waals surface area (Å²) in [5.41, 5.74) is 2.60. The van der Waals surface area contributed by atoms with Crippen molar-refractivity contribution in [3.05, 3.63) is 83.1 Å². The molecule has 0 aliphatic heterocycles. The summed E-state index contributed by atoms with van der Waals surface area (Å²) in [5.74, 6) is -0.556. The Bertz CT molecular complexity index is 1020. The lowest BCUT2D eigenvalue weighted by molar-refractivity contribution is -0.148. The molecule has 0 spiro atoms. The molecule has 0 aliphatic rings. The molecule has 6 nitrogen and oxygen atoms in total. The molecule has 0 aliphatic carbocycles. The van der Waals surface area contributed by atoms with Crippen LogP contribution >= 0.6 is 11.6 Å². The molecule has 0 bridgehead atoms. The van der Waals surface area contributed by atoms with Crippen molar-refractivity contribution in [1.82, 2.24) is 15.1 Å². The number of hydrogen-bond acceptors (Lipinski definition) is 4. The van der Waals surface area contributed by atoms with Crippen molar-refractivity contribution in [2.45, 2.75) is 45.3 Å². The fourth-order valence-corrected chi connectivity index (χ4v) is 3.48. The topological polar surface area (TPSA) is 73.2 Å². The van der Waals surface area contributed by atoms with Crippen LogP contribution in [0.15, 0.2) is 67.0 Å². The van der Waals surface area contributed by atoms with Gasteiger partial charge in [0.25, 0.3) is 0 Å². The van der Waals surface area contributed by atoms with E-state index in [1.165, 1.54) is 0 Å². The molecule has 1 N–H and O–H groups in total. The van der Waals surface area contributed by atoms with E-state index in [4.69, 9.17) is 16.3 Å². The zero-order valence-corrected chi connectivity index (χ0v) is 18.4. The first-order valence-corrected chi connectivity index (χ1v) is 10.6. The Morgan fingerprint density at radius 3 is 2.52 bits per heavy atom. The fraction of sp³-hybridized carbons (Fsp3) is 0.292. The SMILES string of the molecule is CC(C)OC(=O)CC(NC(=O)CCc1cnn(-c2ccccc2)c1)c1ccccc1Cl. The van der Waals surface area contributed by atoms with Gasteiger partial charge in [0.15, 0.2) is 0 Å². The highest BCUT2D eigenvalue weighted by atomic mass is 35.5. The van der Waals surface area contributed by atoms with Crippen LogP contribution in [0.1, 0.15) is 43.9 Å². The summed E-state index contributed by atoms with van der Waals surface area (Å²) in [4.78, 5) is 24.9. The first kappa shape index (κ1) is 22.6. The fourth-order valence-electron chi connectivity index (χ4n) is 3.21. The van der Waals surface area contributed by atoms with Gasteiger partial charge in [0, 0.05) is 17.6 Å². The number of nitrogens with zero attached hydrogens (tertiary/aromatic N) is 2. The van der Waals surface area contributed by atoms with E-state index in [2.05, 4.69) is 10.4 Å². The minimum Gasteiger partial charge on any atom is -0.463 e. The van der Waals surface area contributed by atoms with Crippen LogP contribution in [0.5, 0.6) is 0 Å². The summed E-state index contributed by atoms with van der Waals surface area (Å²) in [6.07, 6.45) is 4.25. The molecule has 1 heterocycles. The Labute approximate surface area is 187 Å². The number of aryl methyl sites for hydroxylation is 1. The van der Waals surface area contributed by atoms with Crippen LogP contribution in [0.2, 0.25) is 5.02 Å². The van der Waals surface area contributed by atoms with Gasteiger partial charge >= 0.3 is 5.97 Å². The molecule has 31 heavy (non-hydrogen) atoms. The summed E-state index contributed by atoms with van der Waals surface area (Å²) >= 11 is 6.31. The molecule has 1 amide bonds. The van der Waals surface area contributed by atoms with Crippen LogP contribution in [0.4, 0.5) is 0 Å². The minimum atomic E-state index is -0.556. The molecule has 7 heteroatoms. The van der Waals surface area contributed by atoms with Gasteiger partial charge in [-0.25, -0.2) is 4.68 Å². The maximum atomic E-state index is 12.7. The third-order valence-electron chi connectivity index (χ3n) is 4.65. The summed E-state index contributed by atoms with van der Waals surface area (Å²) in [6.45, 7) is 3.58. The molecule has 162 valence electrons. The number of halogens is 1. The molecular weight excluding hydrogens is 414 g/mol. The highest BCUT2D eigenvalue weighted by Gasteiger charge is 2.22. The zero-order valence-electron chi connectivity index (χ0n) is 17.6. The maximum absolute atomic E-state index is 12.7. The van der Waals surface area contributed by atoms with Crippen LogP contribution in [-0.4, -0.2) is 27.8 Å². The first-order chi connectivity index (χ1) is 14.9. The normalized spacial score (nSPS) is 11.9. The Morgan fingerprint density at radius 2 is 1.81 bits per heavy atom. The largest absolute Gasteiger partial charge is 0.463 e. The Hall–Kier alpha value is -3.12. The molecule has 1 atom stereocenters. The van der Waals surface area contributed by atoms with Crippen molar-refractivity contribution in [3.8, 4) is 5.69 Å². The van der Waals surface area contributed by atoms with Crippen LogP contribution in [0.3, 0.4) is 0 Å². The highest BCUT2D eigenvalue weighted by Crippen LogP contribution is 2.26. The zero-order chi connectivity index (χ0) is 22.2. The Balaban J connectivity index is 1.63. The van der Waals surface area contributed by atoms with Crippen molar-refractivity contribution in [3.63, 3.8) is 0 Å². The van der Waals surface area contributed by atoms with Gasteiger partial charge in [0.1, 0.15) is 0 Å². The van der Waals surface area contributed by atoms with E-state index < -0.39 is 6.04 Å². The van der Waals surface area contributed by atoms with E-state index in [0.717, 1.165) is 11.3 Å². The second kappa shape index (κ2) is 10.8. The quantitative estimate of drug-likeness (QED) is 0.492. The summed E-state index contributed by atoms with van der Waals surface area (Å²) in [5, 5.41) is 7.79. The lowest BCUT2D eigenvalue weighted by atomic mass is 10.0. The van der Waals surface area contributed by atoms with E-state index in [1.807, 2.05) is 48.7 Å². The Kier molecular flexibility index (Phi) is 7.84. The first-order valence-electron chi connectivity index (χ1n) is 10.2. The van der Waals surface area contributed by atoms with Gasteiger partial charge in [0.2, 0.25) is 5.91 Å². The molecule has 1 unspecified atom stereocenters. The van der Waals surface area contributed by atoms with Crippen LogP contribution in [0.25, 0.3) is 5.69 Å². The van der Waals surface area contributed by atoms with Crippen LogP contribution < -0.4 is 5.32 Å². The smallest absolute Gasteiger partial charge is 0.308 e. The number of rotatable bonds is 9. The molecule has 1 aromatic heterocycles. The number of carbonyl (C=O) groups is 2. The predicted octanol–water partition coefficient (Wildman–Crippen LogP) is 4.66. The number of amides is 1. The molecule has 3 rings (SSSR count). The van der Waals surface area contributed by atoms with Gasteiger partial charge in [-0.1, -0.05) is 48.0 Å². The second-order valence-electron chi connectivity index (χ2n) is 7.51. The van der Waals surface area contributed by atoms with E-state index in [-0.39, 0.29) is 30.8 Å². The highest BCUT2D eigenvalue weighted by molar-refractivity contribution is 6.31. The van der Waals surface area contributed by atoms with E-state index in [9.17, 15) is 9.59 Å². The summed E-state index contributed by atoms with van der Waals surface area (Å²) in [6, 6.07) is 16.4. The average molecular weight is 440 g/mol. The predicted molar refractivity (Wildman–Crippen MR) is 120 cm³/mol. The monoisotopic (exact) mass is 439 g/mol. The van der Waals surface area contributed by atoms with E-state index in [1.54, 1.807) is 36.9 Å². The van der Waals surface area contributed by atoms with Crippen molar-refractivity contribution >= 4 is 23.5 Å². The number of para-hydroxylation sites is 1. The number of carbonyl (C=O) groups excluding carboxylic acids is 2. The van der Waals surface area contributed by atoms with Crippen molar-refractivity contribution in [1.29, 1.82) is 0 Å². The summed E-state index contributed by atoms with van der Waals surface area (Å²) < 4.78 is 7.03. The van der Waals surface area contributed by atoms with Gasteiger partial charge < -0.3 is 10.1 Å².